The summed E-state index contributed by atoms with van der Waals surface area (Å²) in [4.78, 5) is 24.5. The zero-order valence-electron chi connectivity index (χ0n) is 13.7. The molecule has 0 aromatic carbocycles. The Bertz CT molecular complexity index is 851. The lowest BCUT2D eigenvalue weighted by Crippen LogP contribution is -2.25. The van der Waals surface area contributed by atoms with Gasteiger partial charge in [0.2, 0.25) is 11.8 Å². The number of carbonyl (C=O) groups excluding carboxylic acids is 2. The molecule has 0 aliphatic heterocycles. The third-order valence-corrected chi connectivity index (χ3v) is 4.64. The average Bonchev–Trinajstić information content (AvgIpc) is 3.33. The number of Topliss-reactive ketones (excluding diaryl/α,β-unsaturated/α-hetero) is 1. The molecule has 0 aliphatic carbocycles. The van der Waals surface area contributed by atoms with Crippen LogP contribution < -0.4 is 5.32 Å². The van der Waals surface area contributed by atoms with E-state index in [1.807, 2.05) is 12.1 Å². The topological polar surface area (TPSA) is 98.2 Å². The van der Waals surface area contributed by atoms with E-state index in [0.717, 1.165) is 10.6 Å². The van der Waals surface area contributed by atoms with Gasteiger partial charge in [0.05, 0.1) is 16.0 Å². The maximum Gasteiger partial charge on any atom is 0.257 e. The highest BCUT2D eigenvalue weighted by molar-refractivity contribution is 7.17. The lowest BCUT2D eigenvalue weighted by atomic mass is 10.3. The van der Waals surface area contributed by atoms with Crippen molar-refractivity contribution in [1.29, 1.82) is 0 Å². The van der Waals surface area contributed by atoms with Gasteiger partial charge in [0.1, 0.15) is 5.76 Å². The summed E-state index contributed by atoms with van der Waals surface area (Å²) in [6.07, 6.45) is 2.89. The van der Waals surface area contributed by atoms with E-state index in [1.54, 1.807) is 18.4 Å². The van der Waals surface area contributed by atoms with Gasteiger partial charge in [-0.05, 0) is 31.2 Å². The van der Waals surface area contributed by atoms with Gasteiger partial charge < -0.3 is 14.2 Å². The Balaban J connectivity index is 1.46. The van der Waals surface area contributed by atoms with E-state index in [2.05, 4.69) is 15.5 Å². The van der Waals surface area contributed by atoms with Crippen LogP contribution in [0.25, 0.3) is 10.8 Å². The fourth-order valence-corrected chi connectivity index (χ4v) is 3.01. The summed E-state index contributed by atoms with van der Waals surface area (Å²) in [5.41, 5.74) is 0. The third-order valence-electron chi connectivity index (χ3n) is 3.47. The molecule has 0 fully saturated rings. The summed E-state index contributed by atoms with van der Waals surface area (Å²) in [7, 11) is 0. The minimum Gasteiger partial charge on any atom is -0.469 e. The van der Waals surface area contributed by atoms with Crippen LogP contribution in [0.3, 0.4) is 0 Å². The number of aryl methyl sites for hydroxylation is 1. The zero-order valence-corrected chi connectivity index (χ0v) is 14.5. The molecule has 0 radical (unpaired) electrons. The molecule has 7 nitrogen and oxygen atoms in total. The Morgan fingerprint density at radius 2 is 2.08 bits per heavy atom. The predicted molar refractivity (Wildman–Crippen MR) is 91.4 cm³/mol. The third kappa shape index (κ3) is 4.63. The molecule has 3 heterocycles. The van der Waals surface area contributed by atoms with Crippen molar-refractivity contribution in [2.75, 3.05) is 6.54 Å². The second kappa shape index (κ2) is 7.89. The minimum absolute atomic E-state index is 0.00204. The number of hydrogen-bond acceptors (Lipinski definition) is 7. The van der Waals surface area contributed by atoms with Gasteiger partial charge in [0.15, 0.2) is 5.78 Å². The molecule has 8 heteroatoms. The normalized spacial score (nSPS) is 10.8. The Labute approximate surface area is 148 Å². The fourth-order valence-electron chi connectivity index (χ4n) is 2.19. The van der Waals surface area contributed by atoms with Crippen LogP contribution in [0.5, 0.6) is 0 Å². The molecule has 3 rings (SSSR count). The molecule has 0 saturated carbocycles. The molecule has 1 N–H and O–H groups in total. The highest BCUT2D eigenvalue weighted by Crippen LogP contribution is 2.27. The minimum atomic E-state index is -0.0821. The van der Waals surface area contributed by atoms with E-state index in [1.165, 1.54) is 18.3 Å². The van der Waals surface area contributed by atoms with Crippen LogP contribution in [0.2, 0.25) is 0 Å². The van der Waals surface area contributed by atoms with Crippen LogP contribution in [0.15, 0.2) is 39.4 Å². The first-order chi connectivity index (χ1) is 12.1. The van der Waals surface area contributed by atoms with Crippen LogP contribution in [0, 0.1) is 0 Å². The smallest absolute Gasteiger partial charge is 0.257 e. The van der Waals surface area contributed by atoms with Crippen LogP contribution in [-0.4, -0.2) is 28.4 Å². The van der Waals surface area contributed by atoms with Crippen molar-refractivity contribution in [2.24, 2.45) is 0 Å². The molecule has 1 amide bonds. The Morgan fingerprint density at radius 1 is 1.20 bits per heavy atom. The summed E-state index contributed by atoms with van der Waals surface area (Å²) in [5, 5.41) is 10.7. The number of hydrogen-bond donors (Lipinski definition) is 1. The SMILES string of the molecule is CC(=O)c1ccc(-c2nnc(CCC(=O)NCCc3ccco3)o2)s1. The average molecular weight is 359 g/mol. The maximum absolute atomic E-state index is 11.8. The fraction of sp³-hybridized carbons (Fsp3) is 0.294. The van der Waals surface area contributed by atoms with Crippen LogP contribution >= 0.6 is 11.3 Å². The van der Waals surface area contributed by atoms with Crippen molar-refractivity contribution in [1.82, 2.24) is 15.5 Å². The second-order valence-electron chi connectivity index (χ2n) is 5.40. The van der Waals surface area contributed by atoms with E-state index in [9.17, 15) is 9.59 Å². The highest BCUT2D eigenvalue weighted by atomic mass is 32.1. The molecule has 0 aliphatic rings. The van der Waals surface area contributed by atoms with Crippen molar-refractivity contribution in [2.45, 2.75) is 26.2 Å². The molecule has 0 unspecified atom stereocenters. The first-order valence-electron chi connectivity index (χ1n) is 7.84. The number of amides is 1. The summed E-state index contributed by atoms with van der Waals surface area (Å²) >= 11 is 1.31. The van der Waals surface area contributed by atoms with Gasteiger partial charge in [0.25, 0.3) is 5.89 Å². The summed E-state index contributed by atoms with van der Waals surface area (Å²) in [6.45, 7) is 2.03. The van der Waals surface area contributed by atoms with Gasteiger partial charge in [-0.25, -0.2) is 0 Å². The Morgan fingerprint density at radius 3 is 2.80 bits per heavy atom. The van der Waals surface area contributed by atoms with Crippen LogP contribution in [0.1, 0.15) is 34.7 Å². The van der Waals surface area contributed by atoms with E-state index in [0.29, 0.717) is 36.0 Å². The number of nitrogens with zero attached hydrogens (tertiary/aromatic N) is 2. The number of ketones is 1. The van der Waals surface area contributed by atoms with Crippen molar-refractivity contribution < 1.29 is 18.4 Å². The molecule has 0 spiro atoms. The van der Waals surface area contributed by atoms with Crippen molar-refractivity contribution >= 4 is 23.0 Å². The van der Waals surface area contributed by atoms with Gasteiger partial charge in [-0.15, -0.1) is 21.5 Å². The van der Waals surface area contributed by atoms with Gasteiger partial charge in [-0.3, -0.25) is 9.59 Å². The molecular formula is C17H17N3O4S. The van der Waals surface area contributed by atoms with E-state index < -0.39 is 0 Å². The predicted octanol–water partition coefficient (Wildman–Crippen LogP) is 2.89. The first-order valence-corrected chi connectivity index (χ1v) is 8.66. The number of furan rings is 1. The van der Waals surface area contributed by atoms with Crippen LogP contribution in [-0.2, 0) is 17.6 Å². The molecule has 130 valence electrons. The molecule has 0 bridgehead atoms. The van der Waals surface area contributed by atoms with Gasteiger partial charge in [0, 0.05) is 25.8 Å². The van der Waals surface area contributed by atoms with Crippen molar-refractivity contribution in [3.05, 3.63) is 47.1 Å². The maximum atomic E-state index is 11.8. The van der Waals surface area contributed by atoms with Gasteiger partial charge in [-0.2, -0.15) is 0 Å². The van der Waals surface area contributed by atoms with Gasteiger partial charge in [-0.1, -0.05) is 0 Å². The molecule has 25 heavy (non-hydrogen) atoms. The summed E-state index contributed by atoms with van der Waals surface area (Å²) in [6, 6.07) is 7.20. The number of nitrogens with one attached hydrogen (secondary N) is 1. The molecule has 0 atom stereocenters. The number of aromatic nitrogens is 2. The second-order valence-corrected chi connectivity index (χ2v) is 6.48. The highest BCUT2D eigenvalue weighted by Gasteiger charge is 2.13. The van der Waals surface area contributed by atoms with E-state index in [-0.39, 0.29) is 18.1 Å². The summed E-state index contributed by atoms with van der Waals surface area (Å²) < 4.78 is 10.8. The molecule has 3 aromatic heterocycles. The number of thiophene rings is 1. The lowest BCUT2D eigenvalue weighted by molar-refractivity contribution is -0.121. The largest absolute Gasteiger partial charge is 0.469 e. The first kappa shape index (κ1) is 17.1. The molecule has 0 saturated heterocycles. The summed E-state index contributed by atoms with van der Waals surface area (Å²) in [5.74, 6) is 1.52. The van der Waals surface area contributed by atoms with Crippen molar-refractivity contribution in [3.63, 3.8) is 0 Å². The zero-order chi connectivity index (χ0) is 17.6. The monoisotopic (exact) mass is 359 g/mol. The molecule has 3 aromatic rings. The number of carbonyl (C=O) groups is 2. The molecular weight excluding hydrogens is 342 g/mol. The van der Waals surface area contributed by atoms with Crippen molar-refractivity contribution in [3.8, 4) is 10.8 Å². The Kier molecular flexibility index (Phi) is 5.39. The lowest BCUT2D eigenvalue weighted by Gasteiger charge is -2.02. The quantitative estimate of drug-likeness (QED) is 0.621. The van der Waals surface area contributed by atoms with Crippen LogP contribution in [0.4, 0.5) is 0 Å². The van der Waals surface area contributed by atoms with E-state index in [4.69, 9.17) is 8.83 Å². The number of rotatable bonds is 8. The van der Waals surface area contributed by atoms with Gasteiger partial charge >= 0.3 is 0 Å². The Hall–Kier alpha value is -2.74. The standard InChI is InChI=1S/C17H17N3O4S/c1-11(21)13-4-5-14(25-13)17-20-19-16(24-17)7-6-15(22)18-9-8-12-3-2-10-23-12/h2-5,10H,6-9H2,1H3,(H,18,22). The van der Waals surface area contributed by atoms with E-state index >= 15 is 0 Å².